The summed E-state index contributed by atoms with van der Waals surface area (Å²) in [6, 6.07) is 27.5. The Morgan fingerprint density at radius 1 is 0.655 bits per heavy atom. The fourth-order valence-corrected chi connectivity index (χ4v) is 5.44. The van der Waals surface area contributed by atoms with E-state index in [4.69, 9.17) is 9.40 Å². The quantitative estimate of drug-likeness (QED) is 0.313. The average Bonchev–Trinajstić information content (AvgIpc) is 3.11. The first-order valence-electron chi connectivity index (χ1n) is 9.98. The molecule has 0 spiro atoms. The number of rotatable bonds is 3. The van der Waals surface area contributed by atoms with Gasteiger partial charge in [-0.05, 0) is 40.6 Å². The summed E-state index contributed by atoms with van der Waals surface area (Å²) >= 11 is 0. The normalized spacial score (nSPS) is 12.0. The summed E-state index contributed by atoms with van der Waals surface area (Å²) in [7, 11) is -1.62. The predicted octanol–water partition coefficient (Wildman–Crippen LogP) is 6.86. The van der Waals surface area contributed by atoms with E-state index in [2.05, 4.69) is 86.4 Å². The summed E-state index contributed by atoms with van der Waals surface area (Å²) in [5.74, 6) is 0. The van der Waals surface area contributed by atoms with Crippen LogP contribution in [-0.4, -0.2) is 13.1 Å². The lowest BCUT2D eigenvalue weighted by atomic mass is 10.0. The van der Waals surface area contributed by atoms with E-state index in [1.165, 1.54) is 16.3 Å². The zero-order valence-corrected chi connectivity index (χ0v) is 17.9. The number of furan rings is 1. The Labute approximate surface area is 171 Å². The maximum absolute atomic E-state index is 6.01. The standard InChI is InChI=1S/C26H23NOSi/c1-29(2,3)25-16-20(18-9-5-4-6-10-18)17-27-26(25)19-13-14-24-22(15-19)21-11-7-8-12-23(21)28-24/h4-17H,1-3H3. The second kappa shape index (κ2) is 6.71. The van der Waals surface area contributed by atoms with E-state index in [1.807, 2.05) is 18.3 Å². The van der Waals surface area contributed by atoms with Crippen LogP contribution in [0.1, 0.15) is 0 Å². The third-order valence-corrected chi connectivity index (χ3v) is 7.45. The van der Waals surface area contributed by atoms with Crippen LogP contribution in [0.3, 0.4) is 0 Å². The first-order valence-corrected chi connectivity index (χ1v) is 13.5. The first kappa shape index (κ1) is 17.9. The fraction of sp³-hybridized carbons (Fsp3) is 0.115. The van der Waals surface area contributed by atoms with Crippen molar-refractivity contribution >= 4 is 35.2 Å². The summed E-state index contributed by atoms with van der Waals surface area (Å²) in [6.07, 6.45) is 2.01. The molecule has 29 heavy (non-hydrogen) atoms. The van der Waals surface area contributed by atoms with E-state index in [-0.39, 0.29) is 0 Å². The molecule has 0 atom stereocenters. The summed E-state index contributed by atoms with van der Waals surface area (Å²) in [6.45, 7) is 7.15. The molecular formula is C26H23NOSi. The van der Waals surface area contributed by atoms with Gasteiger partial charge in [0.1, 0.15) is 11.2 Å². The van der Waals surface area contributed by atoms with Crippen LogP contribution in [0.5, 0.6) is 0 Å². The molecule has 2 aromatic heterocycles. The maximum atomic E-state index is 6.01. The van der Waals surface area contributed by atoms with E-state index in [0.717, 1.165) is 33.2 Å². The number of aromatic nitrogens is 1. The molecule has 0 bridgehead atoms. The molecule has 5 aromatic rings. The van der Waals surface area contributed by atoms with E-state index in [1.54, 1.807) is 0 Å². The number of hydrogen-bond acceptors (Lipinski definition) is 2. The molecular weight excluding hydrogens is 370 g/mol. The Bertz CT molecular complexity index is 1330. The molecule has 0 radical (unpaired) electrons. The lowest BCUT2D eigenvalue weighted by molar-refractivity contribution is 0.669. The average molecular weight is 394 g/mol. The van der Waals surface area contributed by atoms with Gasteiger partial charge in [-0.1, -0.05) is 74.2 Å². The molecule has 0 aliphatic carbocycles. The van der Waals surface area contributed by atoms with E-state index in [9.17, 15) is 0 Å². The zero-order chi connectivity index (χ0) is 20.0. The summed E-state index contributed by atoms with van der Waals surface area (Å²) in [4.78, 5) is 4.97. The highest BCUT2D eigenvalue weighted by molar-refractivity contribution is 6.89. The minimum Gasteiger partial charge on any atom is -0.456 e. The fourth-order valence-electron chi connectivity index (χ4n) is 3.93. The Morgan fingerprint density at radius 2 is 1.38 bits per heavy atom. The summed E-state index contributed by atoms with van der Waals surface area (Å²) < 4.78 is 6.01. The second-order valence-corrected chi connectivity index (χ2v) is 13.6. The highest BCUT2D eigenvalue weighted by Gasteiger charge is 2.23. The van der Waals surface area contributed by atoms with Crippen molar-refractivity contribution in [3.63, 3.8) is 0 Å². The van der Waals surface area contributed by atoms with Gasteiger partial charge in [-0.25, -0.2) is 0 Å². The molecule has 2 nitrogen and oxygen atoms in total. The Balaban J connectivity index is 1.71. The van der Waals surface area contributed by atoms with Gasteiger partial charge in [-0.3, -0.25) is 4.98 Å². The van der Waals surface area contributed by atoms with Crippen molar-refractivity contribution in [2.45, 2.75) is 19.6 Å². The third-order valence-electron chi connectivity index (χ3n) is 5.45. The molecule has 0 unspecified atom stereocenters. The minimum atomic E-state index is -1.62. The Morgan fingerprint density at radius 3 is 2.17 bits per heavy atom. The van der Waals surface area contributed by atoms with Gasteiger partial charge < -0.3 is 4.42 Å². The molecule has 3 aromatic carbocycles. The number of fused-ring (bicyclic) bond motifs is 3. The molecule has 0 aliphatic heterocycles. The number of pyridine rings is 1. The van der Waals surface area contributed by atoms with Crippen molar-refractivity contribution in [1.29, 1.82) is 0 Å². The van der Waals surface area contributed by atoms with Crippen LogP contribution < -0.4 is 5.19 Å². The molecule has 0 fully saturated rings. The van der Waals surface area contributed by atoms with Gasteiger partial charge in [0, 0.05) is 22.5 Å². The SMILES string of the molecule is C[Si](C)(C)c1cc(-c2ccccc2)cnc1-c1ccc2oc3ccccc3c2c1. The van der Waals surface area contributed by atoms with Gasteiger partial charge in [0.2, 0.25) is 0 Å². The van der Waals surface area contributed by atoms with E-state index >= 15 is 0 Å². The van der Waals surface area contributed by atoms with Gasteiger partial charge in [0.05, 0.1) is 13.8 Å². The van der Waals surface area contributed by atoms with Crippen molar-refractivity contribution in [2.24, 2.45) is 0 Å². The van der Waals surface area contributed by atoms with Gasteiger partial charge in [0.15, 0.2) is 0 Å². The Kier molecular flexibility index (Phi) is 4.14. The molecule has 142 valence electrons. The van der Waals surface area contributed by atoms with E-state index < -0.39 is 8.07 Å². The second-order valence-electron chi connectivity index (χ2n) is 8.55. The molecule has 0 N–H and O–H groups in total. The largest absolute Gasteiger partial charge is 0.456 e. The van der Waals surface area contributed by atoms with Crippen LogP contribution >= 0.6 is 0 Å². The van der Waals surface area contributed by atoms with Crippen molar-refractivity contribution in [3.05, 3.63) is 85.1 Å². The van der Waals surface area contributed by atoms with Crippen molar-refractivity contribution < 1.29 is 4.42 Å². The highest BCUT2D eigenvalue weighted by atomic mass is 28.3. The highest BCUT2D eigenvalue weighted by Crippen LogP contribution is 2.32. The van der Waals surface area contributed by atoms with Gasteiger partial charge in [0.25, 0.3) is 0 Å². The third kappa shape index (κ3) is 3.18. The van der Waals surface area contributed by atoms with Gasteiger partial charge in [-0.2, -0.15) is 0 Å². The van der Waals surface area contributed by atoms with Crippen LogP contribution in [-0.2, 0) is 0 Å². The molecule has 0 saturated heterocycles. The maximum Gasteiger partial charge on any atom is 0.135 e. The van der Waals surface area contributed by atoms with Crippen LogP contribution in [0.25, 0.3) is 44.3 Å². The Hall–Kier alpha value is -3.17. The number of para-hydroxylation sites is 1. The van der Waals surface area contributed by atoms with Crippen molar-refractivity contribution in [3.8, 4) is 22.4 Å². The summed E-state index contributed by atoms with van der Waals surface area (Å²) in [5, 5.41) is 3.68. The minimum absolute atomic E-state index is 0.922. The lowest BCUT2D eigenvalue weighted by Gasteiger charge is -2.21. The predicted molar refractivity (Wildman–Crippen MR) is 125 cm³/mol. The van der Waals surface area contributed by atoms with E-state index in [0.29, 0.717) is 0 Å². The summed E-state index contributed by atoms with van der Waals surface area (Å²) in [5.41, 5.74) is 6.49. The van der Waals surface area contributed by atoms with Crippen LogP contribution in [0.15, 0.2) is 89.5 Å². The lowest BCUT2D eigenvalue weighted by Crippen LogP contribution is -2.39. The molecule has 0 saturated carbocycles. The van der Waals surface area contributed by atoms with Gasteiger partial charge >= 0.3 is 0 Å². The van der Waals surface area contributed by atoms with Crippen LogP contribution in [0.2, 0.25) is 19.6 Å². The number of benzene rings is 3. The topological polar surface area (TPSA) is 26.0 Å². The van der Waals surface area contributed by atoms with Crippen LogP contribution in [0.4, 0.5) is 0 Å². The molecule has 0 aliphatic rings. The molecule has 0 amide bonds. The molecule has 3 heteroatoms. The van der Waals surface area contributed by atoms with Crippen molar-refractivity contribution in [1.82, 2.24) is 4.98 Å². The molecule has 5 rings (SSSR count). The smallest absolute Gasteiger partial charge is 0.135 e. The van der Waals surface area contributed by atoms with Crippen LogP contribution in [0, 0.1) is 0 Å². The molecule has 2 heterocycles. The monoisotopic (exact) mass is 393 g/mol. The number of hydrogen-bond donors (Lipinski definition) is 0. The first-order chi connectivity index (χ1) is 14.0. The number of nitrogens with zero attached hydrogens (tertiary/aromatic N) is 1. The van der Waals surface area contributed by atoms with Gasteiger partial charge in [-0.15, -0.1) is 0 Å². The zero-order valence-electron chi connectivity index (χ0n) is 16.9. The van der Waals surface area contributed by atoms with Crippen molar-refractivity contribution in [2.75, 3.05) is 0 Å².